The maximum atomic E-state index is 12.4. The Bertz CT molecular complexity index is 753. The van der Waals surface area contributed by atoms with Crippen LogP contribution in [0.3, 0.4) is 0 Å². The van der Waals surface area contributed by atoms with E-state index in [9.17, 15) is 9.59 Å². The molecule has 0 saturated carbocycles. The van der Waals surface area contributed by atoms with Gasteiger partial charge in [0.1, 0.15) is 5.60 Å². The molecule has 3 amide bonds. The van der Waals surface area contributed by atoms with Crippen LogP contribution in [0.15, 0.2) is 24.3 Å². The van der Waals surface area contributed by atoms with Crippen LogP contribution in [0, 0.1) is 11.3 Å². The van der Waals surface area contributed by atoms with Gasteiger partial charge in [0.2, 0.25) is 0 Å². The van der Waals surface area contributed by atoms with Gasteiger partial charge in [-0.15, -0.1) is 0 Å². The zero-order valence-corrected chi connectivity index (χ0v) is 16.1. The van der Waals surface area contributed by atoms with Crippen LogP contribution in [-0.2, 0) is 11.3 Å². The van der Waals surface area contributed by atoms with E-state index in [0.717, 1.165) is 5.56 Å². The molecule has 0 bridgehead atoms. The highest BCUT2D eigenvalue weighted by atomic mass is 16.6. The number of hydrogen-bond donors (Lipinski definition) is 1. The summed E-state index contributed by atoms with van der Waals surface area (Å²) >= 11 is 0. The lowest BCUT2D eigenvalue weighted by atomic mass is 9.88. The lowest BCUT2D eigenvalue weighted by Crippen LogP contribution is -2.54. The number of urea groups is 1. The average molecular weight is 370 g/mol. The number of nitriles is 1. The van der Waals surface area contributed by atoms with Gasteiger partial charge in [-0.1, -0.05) is 12.1 Å². The van der Waals surface area contributed by atoms with Crippen LogP contribution in [0.1, 0.15) is 44.7 Å². The first-order chi connectivity index (χ1) is 12.7. The highest BCUT2D eigenvalue weighted by Gasteiger charge is 2.45. The average Bonchev–Trinajstić information content (AvgIpc) is 2.89. The number of nitrogens with one attached hydrogen (secondary N) is 1. The van der Waals surface area contributed by atoms with Gasteiger partial charge in [0.25, 0.3) is 0 Å². The number of nitrogens with zero attached hydrogens (tertiary/aromatic N) is 3. The van der Waals surface area contributed by atoms with Gasteiger partial charge < -0.3 is 19.9 Å². The first-order valence-electron chi connectivity index (χ1n) is 9.24. The Morgan fingerprint density at radius 1 is 1.26 bits per heavy atom. The minimum absolute atomic E-state index is 0.0786. The van der Waals surface area contributed by atoms with E-state index in [2.05, 4.69) is 11.4 Å². The predicted octanol–water partition coefficient (Wildman–Crippen LogP) is 2.85. The highest BCUT2D eigenvalue weighted by Crippen LogP contribution is 2.29. The Kier molecular flexibility index (Phi) is 5.01. The SMILES string of the molecule is CC(C)(C)OC(=O)N1CCC2(CC1)CN(Cc1ccc(C#N)cc1)C(=O)N2. The van der Waals surface area contributed by atoms with Gasteiger partial charge in [-0.25, -0.2) is 9.59 Å². The maximum Gasteiger partial charge on any atom is 0.410 e. The number of piperidine rings is 1. The summed E-state index contributed by atoms with van der Waals surface area (Å²) < 4.78 is 5.43. The van der Waals surface area contributed by atoms with Gasteiger partial charge in [-0.3, -0.25) is 0 Å². The number of ether oxygens (including phenoxy) is 1. The van der Waals surface area contributed by atoms with Crippen molar-refractivity contribution in [3.8, 4) is 6.07 Å². The van der Waals surface area contributed by atoms with E-state index in [-0.39, 0.29) is 17.7 Å². The topological polar surface area (TPSA) is 85.7 Å². The van der Waals surface area contributed by atoms with Gasteiger partial charge in [0.15, 0.2) is 0 Å². The molecule has 0 radical (unpaired) electrons. The van der Waals surface area contributed by atoms with Crippen molar-refractivity contribution >= 4 is 12.1 Å². The monoisotopic (exact) mass is 370 g/mol. The first kappa shape index (κ1) is 19.0. The van der Waals surface area contributed by atoms with E-state index in [4.69, 9.17) is 10.00 Å². The van der Waals surface area contributed by atoms with Gasteiger partial charge in [0, 0.05) is 26.2 Å². The zero-order valence-electron chi connectivity index (χ0n) is 16.1. The molecule has 3 rings (SSSR count). The Balaban J connectivity index is 1.57. The Labute approximate surface area is 159 Å². The van der Waals surface area contributed by atoms with E-state index in [0.29, 0.717) is 44.6 Å². The molecular formula is C20H26N4O3. The van der Waals surface area contributed by atoms with Crippen LogP contribution in [-0.4, -0.2) is 52.7 Å². The summed E-state index contributed by atoms with van der Waals surface area (Å²) in [6.07, 6.45) is 1.13. The lowest BCUT2D eigenvalue weighted by Gasteiger charge is -2.39. The quantitative estimate of drug-likeness (QED) is 0.867. The molecule has 0 atom stereocenters. The normalized spacial score (nSPS) is 19.0. The smallest absolute Gasteiger partial charge is 0.410 e. The molecule has 0 aliphatic carbocycles. The van der Waals surface area contributed by atoms with E-state index >= 15 is 0 Å². The third kappa shape index (κ3) is 4.51. The molecule has 2 saturated heterocycles. The van der Waals surface area contributed by atoms with Gasteiger partial charge in [-0.05, 0) is 51.3 Å². The molecule has 7 heteroatoms. The van der Waals surface area contributed by atoms with Crippen molar-refractivity contribution in [3.63, 3.8) is 0 Å². The molecule has 144 valence electrons. The van der Waals surface area contributed by atoms with Crippen molar-refractivity contribution in [2.45, 2.75) is 51.3 Å². The van der Waals surface area contributed by atoms with E-state index in [1.54, 1.807) is 21.9 Å². The molecule has 1 spiro atoms. The molecule has 2 heterocycles. The summed E-state index contributed by atoms with van der Waals surface area (Å²) in [5, 5.41) is 12.0. The molecule has 2 fully saturated rings. The summed E-state index contributed by atoms with van der Waals surface area (Å²) in [5.74, 6) is 0. The second-order valence-electron chi connectivity index (χ2n) is 8.34. The van der Waals surface area contributed by atoms with Crippen LogP contribution >= 0.6 is 0 Å². The molecular weight excluding hydrogens is 344 g/mol. The largest absolute Gasteiger partial charge is 0.444 e. The fourth-order valence-corrected chi connectivity index (χ4v) is 3.54. The Morgan fingerprint density at radius 2 is 1.89 bits per heavy atom. The summed E-state index contributed by atoms with van der Waals surface area (Å²) in [6, 6.07) is 9.29. The predicted molar refractivity (Wildman–Crippen MR) is 99.9 cm³/mol. The minimum atomic E-state index is -0.508. The van der Waals surface area contributed by atoms with Crippen LogP contribution in [0.4, 0.5) is 9.59 Å². The second-order valence-corrected chi connectivity index (χ2v) is 8.34. The van der Waals surface area contributed by atoms with Crippen LogP contribution in [0.2, 0.25) is 0 Å². The molecule has 2 aliphatic rings. The third-order valence-corrected chi connectivity index (χ3v) is 4.98. The number of carbonyl (C=O) groups excluding carboxylic acids is 2. The van der Waals surface area contributed by atoms with Crippen molar-refractivity contribution in [2.75, 3.05) is 19.6 Å². The molecule has 27 heavy (non-hydrogen) atoms. The summed E-state index contributed by atoms with van der Waals surface area (Å²) in [4.78, 5) is 28.2. The fraction of sp³-hybridized carbons (Fsp3) is 0.550. The van der Waals surface area contributed by atoms with Crippen molar-refractivity contribution in [3.05, 3.63) is 35.4 Å². The fourth-order valence-electron chi connectivity index (χ4n) is 3.54. The van der Waals surface area contributed by atoms with Gasteiger partial charge in [-0.2, -0.15) is 5.26 Å². The molecule has 2 aliphatic heterocycles. The zero-order chi connectivity index (χ0) is 19.7. The van der Waals surface area contributed by atoms with Crippen LogP contribution < -0.4 is 5.32 Å². The van der Waals surface area contributed by atoms with Crippen LogP contribution in [0.25, 0.3) is 0 Å². The number of hydrogen-bond acceptors (Lipinski definition) is 4. The lowest BCUT2D eigenvalue weighted by molar-refractivity contribution is 0.0161. The maximum absolute atomic E-state index is 12.4. The number of benzene rings is 1. The summed E-state index contributed by atoms with van der Waals surface area (Å²) in [7, 11) is 0. The van der Waals surface area contributed by atoms with Gasteiger partial charge >= 0.3 is 12.1 Å². The summed E-state index contributed by atoms with van der Waals surface area (Å²) in [5.41, 5.74) is 0.802. The van der Waals surface area contributed by atoms with E-state index in [1.165, 1.54) is 0 Å². The van der Waals surface area contributed by atoms with E-state index in [1.807, 2.05) is 32.9 Å². The van der Waals surface area contributed by atoms with Crippen molar-refractivity contribution in [2.24, 2.45) is 0 Å². The molecule has 1 aromatic rings. The van der Waals surface area contributed by atoms with Crippen molar-refractivity contribution < 1.29 is 14.3 Å². The van der Waals surface area contributed by atoms with Crippen LogP contribution in [0.5, 0.6) is 0 Å². The molecule has 7 nitrogen and oxygen atoms in total. The molecule has 1 aromatic carbocycles. The molecule has 0 aromatic heterocycles. The first-order valence-corrected chi connectivity index (χ1v) is 9.24. The summed E-state index contributed by atoms with van der Waals surface area (Å²) in [6.45, 7) is 7.83. The second kappa shape index (κ2) is 7.10. The number of rotatable bonds is 2. The highest BCUT2D eigenvalue weighted by molar-refractivity contribution is 5.78. The van der Waals surface area contributed by atoms with Crippen molar-refractivity contribution in [1.29, 1.82) is 5.26 Å². The molecule has 1 N–H and O–H groups in total. The Morgan fingerprint density at radius 3 is 2.44 bits per heavy atom. The van der Waals surface area contributed by atoms with Crippen molar-refractivity contribution in [1.82, 2.24) is 15.1 Å². The van der Waals surface area contributed by atoms with E-state index < -0.39 is 5.60 Å². The Hall–Kier alpha value is -2.75. The standard InChI is InChI=1S/C20H26N4O3/c1-19(2,3)27-18(26)23-10-8-20(9-11-23)14-24(17(25)22-20)13-16-6-4-15(12-21)5-7-16/h4-7H,8-11,13-14H2,1-3H3,(H,22,25). The number of likely N-dealkylation sites (tertiary alicyclic amines) is 1. The molecule has 0 unspecified atom stereocenters. The minimum Gasteiger partial charge on any atom is -0.444 e. The third-order valence-electron chi connectivity index (χ3n) is 4.98. The van der Waals surface area contributed by atoms with Gasteiger partial charge in [0.05, 0.1) is 17.2 Å². The number of amides is 3. The number of carbonyl (C=O) groups is 2.